The van der Waals surface area contributed by atoms with Crippen LogP contribution < -0.4 is 10.6 Å². The summed E-state index contributed by atoms with van der Waals surface area (Å²) >= 11 is 0. The van der Waals surface area contributed by atoms with Gasteiger partial charge in [-0.3, -0.25) is 4.90 Å². The fraction of sp³-hybridized carbons (Fsp3) is 0.600. The number of hydrogen-bond acceptors (Lipinski definition) is 3. The number of nitrogens with zero attached hydrogens (tertiary/aromatic N) is 2. The molecule has 0 aliphatic carbocycles. The summed E-state index contributed by atoms with van der Waals surface area (Å²) in [6, 6.07) is 7.87. The van der Waals surface area contributed by atoms with Crippen molar-refractivity contribution in [3.63, 3.8) is 0 Å². The lowest BCUT2D eigenvalue weighted by molar-refractivity contribution is 0.254. The fourth-order valence-corrected chi connectivity index (χ4v) is 3.47. The smallest absolute Gasteiger partial charge is 0.0603 e. The topological polar surface area (TPSA) is 32.5 Å². The lowest BCUT2D eigenvalue weighted by Crippen LogP contribution is -2.36. The van der Waals surface area contributed by atoms with Gasteiger partial charge in [0.2, 0.25) is 0 Å². The number of benzene rings is 1. The van der Waals surface area contributed by atoms with E-state index in [4.69, 9.17) is 5.73 Å². The number of aryl methyl sites for hydroxylation is 1. The molecule has 2 N–H and O–H groups in total. The number of likely N-dealkylation sites (N-methyl/N-ethyl adjacent to an activating group) is 1. The zero-order valence-electron chi connectivity index (χ0n) is 11.4. The average Bonchev–Trinajstić information content (AvgIpc) is 2.58. The Hall–Kier alpha value is -1.22. The molecular weight excluding hydrogens is 222 g/mol. The Morgan fingerprint density at radius 2 is 1.94 bits per heavy atom. The summed E-state index contributed by atoms with van der Waals surface area (Å²) in [5.74, 6) is 0. The Morgan fingerprint density at radius 3 is 2.78 bits per heavy atom. The number of anilines is 2. The van der Waals surface area contributed by atoms with Crippen LogP contribution in [0.4, 0.5) is 11.4 Å². The average molecular weight is 245 g/mol. The van der Waals surface area contributed by atoms with Gasteiger partial charge in [-0.05, 0) is 44.9 Å². The Morgan fingerprint density at radius 1 is 1.17 bits per heavy atom. The van der Waals surface area contributed by atoms with Crippen molar-refractivity contribution < 1.29 is 0 Å². The van der Waals surface area contributed by atoms with Gasteiger partial charge >= 0.3 is 0 Å². The first-order valence-corrected chi connectivity index (χ1v) is 6.99. The Labute approximate surface area is 110 Å². The molecule has 2 heterocycles. The minimum absolute atomic E-state index is 0.706. The van der Waals surface area contributed by atoms with Gasteiger partial charge in [-0.15, -0.1) is 0 Å². The predicted molar refractivity (Wildman–Crippen MR) is 77.0 cm³/mol. The van der Waals surface area contributed by atoms with Crippen LogP contribution in [0.2, 0.25) is 0 Å². The van der Waals surface area contributed by atoms with E-state index in [1.54, 1.807) is 0 Å². The maximum Gasteiger partial charge on any atom is 0.0603 e. The number of para-hydroxylation sites is 1. The van der Waals surface area contributed by atoms with Gasteiger partial charge in [0, 0.05) is 25.2 Å². The molecule has 2 fully saturated rings. The van der Waals surface area contributed by atoms with Crippen LogP contribution in [0.5, 0.6) is 0 Å². The first-order valence-electron chi connectivity index (χ1n) is 6.99. The molecule has 3 heteroatoms. The molecule has 98 valence electrons. The van der Waals surface area contributed by atoms with Gasteiger partial charge in [0.25, 0.3) is 0 Å². The molecule has 1 aromatic rings. The Bertz CT molecular complexity index is 443. The number of rotatable bonds is 1. The molecule has 0 amide bonds. The minimum Gasteiger partial charge on any atom is -0.397 e. The van der Waals surface area contributed by atoms with Crippen LogP contribution in [0, 0.1) is 6.92 Å². The van der Waals surface area contributed by atoms with E-state index in [2.05, 4.69) is 42.0 Å². The summed E-state index contributed by atoms with van der Waals surface area (Å²) in [5, 5.41) is 0. The second-order valence-corrected chi connectivity index (χ2v) is 5.79. The van der Waals surface area contributed by atoms with Gasteiger partial charge in [-0.1, -0.05) is 12.1 Å². The molecule has 0 spiro atoms. The Kier molecular flexibility index (Phi) is 2.94. The van der Waals surface area contributed by atoms with Crippen molar-refractivity contribution in [1.29, 1.82) is 0 Å². The van der Waals surface area contributed by atoms with Crippen molar-refractivity contribution >= 4 is 11.4 Å². The SMILES string of the molecule is Cc1cccc(N2CCC3CCC(C2)N3C)c1N. The first-order chi connectivity index (χ1) is 8.66. The molecule has 2 bridgehead atoms. The highest BCUT2D eigenvalue weighted by atomic mass is 15.3. The summed E-state index contributed by atoms with van der Waals surface area (Å²) < 4.78 is 0. The van der Waals surface area contributed by atoms with Crippen LogP contribution in [0.1, 0.15) is 24.8 Å². The summed E-state index contributed by atoms with van der Waals surface area (Å²) in [5.41, 5.74) is 9.62. The van der Waals surface area contributed by atoms with Crippen LogP contribution in [0.3, 0.4) is 0 Å². The summed E-state index contributed by atoms with van der Waals surface area (Å²) in [4.78, 5) is 5.06. The van der Waals surface area contributed by atoms with Crippen LogP contribution in [-0.4, -0.2) is 37.1 Å². The van der Waals surface area contributed by atoms with Crippen LogP contribution in [-0.2, 0) is 0 Å². The molecule has 3 nitrogen and oxygen atoms in total. The van der Waals surface area contributed by atoms with E-state index >= 15 is 0 Å². The molecule has 0 radical (unpaired) electrons. The minimum atomic E-state index is 0.706. The summed E-state index contributed by atoms with van der Waals surface area (Å²) in [7, 11) is 2.28. The quantitative estimate of drug-likeness (QED) is 0.770. The highest BCUT2D eigenvalue weighted by molar-refractivity contribution is 5.71. The number of hydrogen-bond donors (Lipinski definition) is 1. The maximum atomic E-state index is 6.24. The number of fused-ring (bicyclic) bond motifs is 2. The maximum absolute atomic E-state index is 6.24. The molecule has 1 aromatic carbocycles. The molecule has 2 atom stereocenters. The van der Waals surface area contributed by atoms with Crippen LogP contribution in [0.25, 0.3) is 0 Å². The highest BCUT2D eigenvalue weighted by Crippen LogP contribution is 2.33. The molecule has 2 unspecified atom stereocenters. The van der Waals surface area contributed by atoms with Gasteiger partial charge in [-0.25, -0.2) is 0 Å². The predicted octanol–water partition coefficient (Wildman–Crippen LogP) is 2.25. The third kappa shape index (κ3) is 1.87. The van der Waals surface area contributed by atoms with E-state index in [9.17, 15) is 0 Å². The monoisotopic (exact) mass is 245 g/mol. The van der Waals surface area contributed by atoms with Gasteiger partial charge in [0.15, 0.2) is 0 Å². The standard InChI is InChI=1S/C15H23N3/c1-11-4-3-5-14(15(11)16)18-9-8-12-6-7-13(10-18)17(12)2/h3-5,12-13H,6-10,16H2,1-2H3. The van der Waals surface area contributed by atoms with E-state index in [-0.39, 0.29) is 0 Å². The number of nitrogen functional groups attached to an aromatic ring is 1. The van der Waals surface area contributed by atoms with Crippen molar-refractivity contribution in [2.45, 2.75) is 38.3 Å². The van der Waals surface area contributed by atoms with Gasteiger partial charge in [-0.2, -0.15) is 0 Å². The van der Waals surface area contributed by atoms with Crippen molar-refractivity contribution in [1.82, 2.24) is 4.90 Å². The summed E-state index contributed by atoms with van der Waals surface area (Å²) in [6.45, 7) is 4.36. The van der Waals surface area contributed by atoms with E-state index < -0.39 is 0 Å². The molecular formula is C15H23N3. The van der Waals surface area contributed by atoms with Gasteiger partial charge in [0.1, 0.15) is 0 Å². The van der Waals surface area contributed by atoms with Crippen molar-refractivity contribution in [2.75, 3.05) is 30.8 Å². The summed E-state index contributed by atoms with van der Waals surface area (Å²) in [6.07, 6.45) is 3.97. The lowest BCUT2D eigenvalue weighted by Gasteiger charge is -2.29. The molecule has 18 heavy (non-hydrogen) atoms. The molecule has 3 rings (SSSR count). The third-order valence-corrected chi connectivity index (χ3v) is 4.79. The molecule has 2 aliphatic rings. The molecule has 0 saturated carbocycles. The second-order valence-electron chi connectivity index (χ2n) is 5.79. The van der Waals surface area contributed by atoms with E-state index in [1.807, 2.05) is 0 Å². The lowest BCUT2D eigenvalue weighted by atomic mass is 10.1. The normalized spacial score (nSPS) is 28.4. The highest BCUT2D eigenvalue weighted by Gasteiger charge is 2.34. The first kappa shape index (κ1) is 11.8. The van der Waals surface area contributed by atoms with E-state index in [1.165, 1.54) is 30.5 Å². The zero-order chi connectivity index (χ0) is 12.7. The van der Waals surface area contributed by atoms with Crippen molar-refractivity contribution in [2.24, 2.45) is 0 Å². The van der Waals surface area contributed by atoms with Gasteiger partial charge in [0.05, 0.1) is 11.4 Å². The zero-order valence-corrected chi connectivity index (χ0v) is 11.4. The van der Waals surface area contributed by atoms with E-state index in [0.29, 0.717) is 6.04 Å². The number of nitrogens with two attached hydrogens (primary N) is 1. The molecule has 0 aromatic heterocycles. The Balaban J connectivity index is 1.87. The molecule has 2 aliphatic heterocycles. The molecule has 2 saturated heterocycles. The fourth-order valence-electron chi connectivity index (χ4n) is 3.47. The van der Waals surface area contributed by atoms with Crippen LogP contribution >= 0.6 is 0 Å². The second kappa shape index (κ2) is 4.47. The van der Waals surface area contributed by atoms with Crippen molar-refractivity contribution in [3.05, 3.63) is 23.8 Å². The van der Waals surface area contributed by atoms with Crippen molar-refractivity contribution in [3.8, 4) is 0 Å². The van der Waals surface area contributed by atoms with Gasteiger partial charge < -0.3 is 10.6 Å². The van der Waals surface area contributed by atoms with Crippen LogP contribution in [0.15, 0.2) is 18.2 Å². The van der Waals surface area contributed by atoms with E-state index in [0.717, 1.165) is 24.8 Å². The largest absolute Gasteiger partial charge is 0.397 e. The third-order valence-electron chi connectivity index (χ3n) is 4.79.